The molecule has 0 aromatic heterocycles. The third kappa shape index (κ3) is 24.8. The Kier molecular flexibility index (Phi) is 26.3. The number of carboxylic acid groups (broad SMARTS) is 2. The van der Waals surface area contributed by atoms with Crippen molar-refractivity contribution in [1.29, 1.82) is 0 Å². The number of ether oxygens (including phenoxy) is 6. The van der Waals surface area contributed by atoms with E-state index in [0.29, 0.717) is 66.1 Å². The van der Waals surface area contributed by atoms with Crippen LogP contribution in [0.3, 0.4) is 0 Å². The zero-order chi connectivity index (χ0) is 38.7. The number of hydrogen-bond donors (Lipinski definition) is 2. The van der Waals surface area contributed by atoms with Gasteiger partial charge in [-0.05, 0) is 70.1 Å². The summed E-state index contributed by atoms with van der Waals surface area (Å²) in [7, 11) is 0. The van der Waals surface area contributed by atoms with E-state index in [1.165, 1.54) is 16.7 Å². The first-order valence-corrected chi connectivity index (χ1v) is 21.2. The number of hydrogen-bond acceptors (Lipinski definition) is 10. The molecule has 0 aliphatic rings. The Hall–Kier alpha value is -1.38. The van der Waals surface area contributed by atoms with Crippen molar-refractivity contribution < 1.29 is 48.2 Å². The van der Waals surface area contributed by atoms with E-state index in [-0.39, 0.29) is 42.3 Å². The van der Waals surface area contributed by atoms with E-state index < -0.39 is 11.9 Å². The molecule has 0 bridgehead atoms. The second-order valence-corrected chi connectivity index (χ2v) is 17.7. The van der Waals surface area contributed by atoms with Gasteiger partial charge in [-0.25, -0.2) is 0 Å². The molecule has 302 valence electrons. The van der Waals surface area contributed by atoms with Gasteiger partial charge in [-0.15, -0.1) is 0 Å². The average Bonchev–Trinajstić information content (AvgIpc) is 3.07. The lowest BCUT2D eigenvalue weighted by Gasteiger charge is -2.33. The first-order chi connectivity index (χ1) is 24.6. The molecule has 0 heterocycles. The molecular weight excluding hydrogens is 705 g/mol. The van der Waals surface area contributed by atoms with Gasteiger partial charge in [-0.1, -0.05) is 66.7 Å². The van der Waals surface area contributed by atoms with E-state index in [1.54, 1.807) is 0 Å². The Morgan fingerprint density at radius 1 is 0.481 bits per heavy atom. The Balaban J connectivity index is 2.36. The molecule has 1 rings (SSSR count). The Labute approximate surface area is 323 Å². The highest BCUT2D eigenvalue weighted by atomic mass is 32.2. The summed E-state index contributed by atoms with van der Waals surface area (Å²) in [6.07, 6.45) is 4.59. The van der Waals surface area contributed by atoms with Gasteiger partial charge >= 0.3 is 11.9 Å². The van der Waals surface area contributed by atoms with Gasteiger partial charge in [0.25, 0.3) is 0 Å². The van der Waals surface area contributed by atoms with Crippen LogP contribution in [0.15, 0.2) is 18.2 Å². The third-order valence-corrected chi connectivity index (χ3v) is 10.8. The normalized spacial score (nSPS) is 12.4. The van der Waals surface area contributed by atoms with E-state index in [4.69, 9.17) is 38.6 Å². The highest BCUT2D eigenvalue weighted by molar-refractivity contribution is 7.99. The Bertz CT molecular complexity index is 1020. The quantitative estimate of drug-likeness (QED) is 0.0669. The first kappa shape index (κ1) is 48.6. The van der Waals surface area contributed by atoms with Crippen LogP contribution in [-0.2, 0) is 54.3 Å². The van der Waals surface area contributed by atoms with Crippen molar-refractivity contribution in [2.45, 2.75) is 103 Å². The van der Waals surface area contributed by atoms with Crippen LogP contribution in [0.5, 0.6) is 0 Å². The molecule has 0 aliphatic heterocycles. The molecular formula is C40H70O10S2. The summed E-state index contributed by atoms with van der Waals surface area (Å²) in [5.41, 5.74) is 4.51. The van der Waals surface area contributed by atoms with Gasteiger partial charge < -0.3 is 38.6 Å². The second kappa shape index (κ2) is 28.1. The van der Waals surface area contributed by atoms with Crippen LogP contribution >= 0.6 is 23.5 Å². The van der Waals surface area contributed by atoms with Crippen LogP contribution in [0.1, 0.15) is 104 Å². The fraction of sp³-hybridized carbons (Fsp3) is 0.800. The molecule has 0 radical (unpaired) electrons. The smallest absolute Gasteiger partial charge is 0.305 e. The minimum Gasteiger partial charge on any atom is -0.481 e. The van der Waals surface area contributed by atoms with Crippen molar-refractivity contribution in [2.24, 2.45) is 0 Å². The topological polar surface area (TPSA) is 130 Å². The minimum absolute atomic E-state index is 0.0149. The van der Waals surface area contributed by atoms with Gasteiger partial charge in [0.05, 0.1) is 92.1 Å². The zero-order valence-corrected chi connectivity index (χ0v) is 34.9. The summed E-state index contributed by atoms with van der Waals surface area (Å²) >= 11 is 3.88. The van der Waals surface area contributed by atoms with Gasteiger partial charge in [0.2, 0.25) is 0 Å². The standard InChI is InChI=1S/C40H70O10S2/c1-38(2,3)33-30-34(39(4,5)12-8-26-51-28-24-49-22-20-47-18-16-45-14-10-36(41)42)32-35(31-33)40(6,7)13-9-27-52-29-25-50-23-21-48-19-17-46-15-11-37(43)44/h30-32H,8-29H2,1-7H3,(H,41,42)(H,43,44). The number of carboxylic acids is 2. The lowest BCUT2D eigenvalue weighted by atomic mass is 9.72. The fourth-order valence-electron chi connectivity index (χ4n) is 5.21. The summed E-state index contributed by atoms with van der Waals surface area (Å²) in [6.45, 7) is 22.1. The van der Waals surface area contributed by atoms with Gasteiger partial charge in [-0.3, -0.25) is 9.59 Å². The second-order valence-electron chi connectivity index (χ2n) is 15.2. The van der Waals surface area contributed by atoms with E-state index >= 15 is 0 Å². The summed E-state index contributed by atoms with van der Waals surface area (Å²) in [5, 5.41) is 17.2. The molecule has 0 unspecified atom stereocenters. The van der Waals surface area contributed by atoms with Gasteiger partial charge in [0.1, 0.15) is 0 Å². The van der Waals surface area contributed by atoms with Crippen LogP contribution in [0, 0.1) is 0 Å². The van der Waals surface area contributed by atoms with Crippen molar-refractivity contribution in [3.05, 3.63) is 34.9 Å². The summed E-state index contributed by atoms with van der Waals surface area (Å²) in [4.78, 5) is 20.9. The molecule has 1 aromatic rings. The number of thioether (sulfide) groups is 2. The van der Waals surface area contributed by atoms with Crippen LogP contribution in [0.4, 0.5) is 0 Å². The molecule has 0 atom stereocenters. The maximum absolute atomic E-state index is 10.5. The minimum atomic E-state index is -0.856. The van der Waals surface area contributed by atoms with Gasteiger partial charge in [0, 0.05) is 11.5 Å². The lowest BCUT2D eigenvalue weighted by Crippen LogP contribution is -2.24. The van der Waals surface area contributed by atoms with Crippen LogP contribution in [-0.4, -0.2) is 124 Å². The van der Waals surface area contributed by atoms with Gasteiger partial charge in [-0.2, -0.15) is 23.5 Å². The fourth-order valence-corrected chi connectivity index (χ4v) is 6.78. The van der Waals surface area contributed by atoms with Crippen molar-refractivity contribution in [2.75, 3.05) is 102 Å². The van der Waals surface area contributed by atoms with Crippen LogP contribution in [0.2, 0.25) is 0 Å². The molecule has 0 fully saturated rings. The van der Waals surface area contributed by atoms with E-state index in [9.17, 15) is 9.59 Å². The van der Waals surface area contributed by atoms with Crippen molar-refractivity contribution in [1.82, 2.24) is 0 Å². The Morgan fingerprint density at radius 2 is 0.788 bits per heavy atom. The maximum atomic E-state index is 10.5. The molecule has 0 aliphatic carbocycles. The highest BCUT2D eigenvalue weighted by Crippen LogP contribution is 2.38. The maximum Gasteiger partial charge on any atom is 0.305 e. The molecule has 0 amide bonds. The lowest BCUT2D eigenvalue weighted by molar-refractivity contribution is -0.139. The molecule has 0 spiro atoms. The number of aliphatic carboxylic acids is 2. The van der Waals surface area contributed by atoms with Crippen molar-refractivity contribution >= 4 is 35.5 Å². The summed E-state index contributed by atoms with van der Waals surface area (Å²) in [5.74, 6) is 2.44. The van der Waals surface area contributed by atoms with Crippen LogP contribution in [0.25, 0.3) is 0 Å². The monoisotopic (exact) mass is 774 g/mol. The predicted octanol–water partition coefficient (Wildman–Crippen LogP) is 7.62. The molecule has 12 heteroatoms. The van der Waals surface area contributed by atoms with E-state index in [0.717, 1.165) is 48.7 Å². The first-order valence-electron chi connectivity index (χ1n) is 18.9. The third-order valence-electron chi connectivity index (χ3n) is 8.70. The SMILES string of the molecule is CC(C)(C)c1cc(C(C)(C)CCCSCCOCCOCCOCCC(=O)O)cc(C(C)(C)CCCSCCOCCOCCOCCC(=O)O)c1. The largest absolute Gasteiger partial charge is 0.481 e. The average molecular weight is 775 g/mol. The van der Waals surface area contributed by atoms with Gasteiger partial charge in [0.15, 0.2) is 0 Å². The van der Waals surface area contributed by atoms with Crippen molar-refractivity contribution in [3.63, 3.8) is 0 Å². The molecule has 0 saturated carbocycles. The molecule has 2 N–H and O–H groups in total. The van der Waals surface area contributed by atoms with Crippen molar-refractivity contribution in [3.8, 4) is 0 Å². The van der Waals surface area contributed by atoms with Crippen LogP contribution < -0.4 is 0 Å². The summed E-state index contributed by atoms with van der Waals surface area (Å²) < 4.78 is 32.7. The number of benzene rings is 1. The molecule has 1 aromatic carbocycles. The van der Waals surface area contributed by atoms with E-state index in [2.05, 4.69) is 66.7 Å². The number of rotatable bonds is 34. The molecule has 10 nitrogen and oxygen atoms in total. The number of carbonyl (C=O) groups is 2. The summed E-state index contributed by atoms with van der Waals surface area (Å²) in [6, 6.07) is 7.37. The zero-order valence-electron chi connectivity index (χ0n) is 33.3. The molecule has 52 heavy (non-hydrogen) atoms. The highest BCUT2D eigenvalue weighted by Gasteiger charge is 2.28. The van der Waals surface area contributed by atoms with E-state index in [1.807, 2.05) is 23.5 Å². The molecule has 0 saturated heterocycles. The Morgan fingerprint density at radius 3 is 1.12 bits per heavy atom. The predicted molar refractivity (Wildman–Crippen MR) is 214 cm³/mol.